The van der Waals surface area contributed by atoms with Crippen molar-refractivity contribution in [2.24, 2.45) is 0 Å². The third-order valence-corrected chi connectivity index (χ3v) is 3.41. The zero-order valence-electron chi connectivity index (χ0n) is 10.9. The number of amides is 1. The van der Waals surface area contributed by atoms with Gasteiger partial charge in [-0.05, 0) is 40.2 Å². The SMILES string of the molecule is COc1cc(NC(=O)c2c(F)ccc(N)c2F)ccc1Br. The highest BCUT2D eigenvalue weighted by atomic mass is 79.9. The number of ether oxygens (including phenoxy) is 1. The largest absolute Gasteiger partial charge is 0.495 e. The first-order valence-electron chi connectivity index (χ1n) is 5.82. The van der Waals surface area contributed by atoms with Crippen molar-refractivity contribution in [2.45, 2.75) is 0 Å². The number of hydrogen-bond acceptors (Lipinski definition) is 3. The molecule has 2 aromatic rings. The van der Waals surface area contributed by atoms with Crippen molar-refractivity contribution in [3.05, 3.63) is 52.0 Å². The highest BCUT2D eigenvalue weighted by molar-refractivity contribution is 9.10. The first-order chi connectivity index (χ1) is 9.93. The number of nitrogen functional groups attached to an aromatic ring is 1. The molecule has 4 nitrogen and oxygen atoms in total. The lowest BCUT2D eigenvalue weighted by Crippen LogP contribution is -2.17. The van der Waals surface area contributed by atoms with E-state index < -0.39 is 23.1 Å². The van der Waals surface area contributed by atoms with Crippen LogP contribution >= 0.6 is 15.9 Å². The molecule has 2 rings (SSSR count). The number of halogens is 3. The molecule has 7 heteroatoms. The van der Waals surface area contributed by atoms with E-state index in [0.29, 0.717) is 15.9 Å². The van der Waals surface area contributed by atoms with Gasteiger partial charge in [0.15, 0.2) is 5.82 Å². The van der Waals surface area contributed by atoms with Crippen molar-refractivity contribution in [3.8, 4) is 5.75 Å². The molecule has 0 atom stereocenters. The second-order valence-electron chi connectivity index (χ2n) is 4.13. The van der Waals surface area contributed by atoms with Gasteiger partial charge in [0, 0.05) is 11.8 Å². The second kappa shape index (κ2) is 6.09. The van der Waals surface area contributed by atoms with Crippen LogP contribution in [0.3, 0.4) is 0 Å². The number of carbonyl (C=O) groups is 1. The van der Waals surface area contributed by atoms with Gasteiger partial charge in [-0.15, -0.1) is 0 Å². The van der Waals surface area contributed by atoms with Crippen LogP contribution in [0.1, 0.15) is 10.4 Å². The van der Waals surface area contributed by atoms with Gasteiger partial charge in [0.05, 0.1) is 17.3 Å². The van der Waals surface area contributed by atoms with Gasteiger partial charge in [-0.25, -0.2) is 8.78 Å². The summed E-state index contributed by atoms with van der Waals surface area (Å²) in [4.78, 5) is 12.0. The normalized spacial score (nSPS) is 10.3. The molecule has 0 fully saturated rings. The molecule has 0 radical (unpaired) electrons. The van der Waals surface area contributed by atoms with E-state index in [-0.39, 0.29) is 5.69 Å². The summed E-state index contributed by atoms with van der Waals surface area (Å²) in [5.41, 5.74) is 4.65. The van der Waals surface area contributed by atoms with Crippen molar-refractivity contribution in [1.29, 1.82) is 0 Å². The molecule has 3 N–H and O–H groups in total. The van der Waals surface area contributed by atoms with Crippen LogP contribution in [0.15, 0.2) is 34.8 Å². The Labute approximate surface area is 128 Å². The van der Waals surface area contributed by atoms with Gasteiger partial charge in [-0.2, -0.15) is 0 Å². The van der Waals surface area contributed by atoms with E-state index in [1.807, 2.05) is 0 Å². The molecule has 0 aromatic heterocycles. The summed E-state index contributed by atoms with van der Waals surface area (Å²) in [7, 11) is 1.46. The van der Waals surface area contributed by atoms with Crippen molar-refractivity contribution in [3.63, 3.8) is 0 Å². The van der Waals surface area contributed by atoms with Crippen LogP contribution in [0, 0.1) is 11.6 Å². The van der Waals surface area contributed by atoms with Crippen LogP contribution in [0.25, 0.3) is 0 Å². The summed E-state index contributed by atoms with van der Waals surface area (Å²) in [6, 6.07) is 6.72. The predicted octanol–water partition coefficient (Wildman–Crippen LogP) is 3.57. The molecule has 21 heavy (non-hydrogen) atoms. The number of methoxy groups -OCH3 is 1. The molecule has 2 aromatic carbocycles. The highest BCUT2D eigenvalue weighted by Crippen LogP contribution is 2.28. The summed E-state index contributed by atoms with van der Waals surface area (Å²) >= 11 is 3.26. The summed E-state index contributed by atoms with van der Waals surface area (Å²) in [5, 5.41) is 2.39. The summed E-state index contributed by atoms with van der Waals surface area (Å²) < 4.78 is 33.1. The predicted molar refractivity (Wildman–Crippen MR) is 79.4 cm³/mol. The number of nitrogens with two attached hydrogens (primary N) is 1. The number of hydrogen-bond donors (Lipinski definition) is 2. The first kappa shape index (κ1) is 15.2. The van der Waals surface area contributed by atoms with Crippen LogP contribution in [0.2, 0.25) is 0 Å². The van der Waals surface area contributed by atoms with Crippen LogP contribution in [0.4, 0.5) is 20.2 Å². The van der Waals surface area contributed by atoms with Crippen molar-refractivity contribution in [1.82, 2.24) is 0 Å². The maximum atomic E-state index is 13.8. The Morgan fingerprint density at radius 2 is 2.00 bits per heavy atom. The van der Waals surface area contributed by atoms with Crippen molar-refractivity contribution < 1.29 is 18.3 Å². The number of anilines is 2. The maximum Gasteiger partial charge on any atom is 0.261 e. The molecule has 0 heterocycles. The van der Waals surface area contributed by atoms with Gasteiger partial charge in [-0.1, -0.05) is 0 Å². The molecule has 0 saturated heterocycles. The van der Waals surface area contributed by atoms with Gasteiger partial charge < -0.3 is 15.8 Å². The third kappa shape index (κ3) is 3.13. The highest BCUT2D eigenvalue weighted by Gasteiger charge is 2.20. The summed E-state index contributed by atoms with van der Waals surface area (Å²) in [6.45, 7) is 0. The van der Waals surface area contributed by atoms with Gasteiger partial charge in [0.1, 0.15) is 17.1 Å². The van der Waals surface area contributed by atoms with Crippen molar-refractivity contribution >= 4 is 33.2 Å². The van der Waals surface area contributed by atoms with Crippen LogP contribution in [-0.2, 0) is 0 Å². The molecule has 0 aliphatic heterocycles. The van der Waals surface area contributed by atoms with E-state index >= 15 is 0 Å². The molecule has 0 aliphatic rings. The molecule has 1 amide bonds. The molecule has 110 valence electrons. The van der Waals surface area contributed by atoms with Gasteiger partial charge in [0.25, 0.3) is 5.91 Å². The van der Waals surface area contributed by atoms with Crippen LogP contribution in [0.5, 0.6) is 5.75 Å². The fraction of sp³-hybridized carbons (Fsp3) is 0.0714. The van der Waals surface area contributed by atoms with Gasteiger partial charge >= 0.3 is 0 Å². The lowest BCUT2D eigenvalue weighted by molar-refractivity contribution is 0.101. The summed E-state index contributed by atoms with van der Waals surface area (Å²) in [5.74, 6) is -2.53. The van der Waals surface area contributed by atoms with E-state index in [2.05, 4.69) is 21.2 Å². The van der Waals surface area contributed by atoms with Crippen molar-refractivity contribution in [2.75, 3.05) is 18.2 Å². The first-order valence-corrected chi connectivity index (χ1v) is 6.61. The quantitative estimate of drug-likeness (QED) is 0.826. The lowest BCUT2D eigenvalue weighted by Gasteiger charge is -2.10. The zero-order chi connectivity index (χ0) is 15.6. The number of nitrogens with one attached hydrogen (secondary N) is 1. The van der Waals surface area contributed by atoms with Crippen LogP contribution in [-0.4, -0.2) is 13.0 Å². The maximum absolute atomic E-state index is 13.8. The number of carbonyl (C=O) groups excluding carboxylic acids is 1. The molecule has 0 unspecified atom stereocenters. The minimum atomic E-state index is -1.09. The molecule has 0 spiro atoms. The third-order valence-electron chi connectivity index (χ3n) is 2.76. The molecular weight excluding hydrogens is 346 g/mol. The topological polar surface area (TPSA) is 64.3 Å². The zero-order valence-corrected chi connectivity index (χ0v) is 12.5. The minimum Gasteiger partial charge on any atom is -0.495 e. The van der Waals surface area contributed by atoms with E-state index in [1.165, 1.54) is 13.2 Å². The Morgan fingerprint density at radius 3 is 2.67 bits per heavy atom. The molecule has 0 aliphatic carbocycles. The van der Waals surface area contributed by atoms with E-state index in [0.717, 1.165) is 12.1 Å². The van der Waals surface area contributed by atoms with E-state index in [9.17, 15) is 13.6 Å². The summed E-state index contributed by atoms with van der Waals surface area (Å²) in [6.07, 6.45) is 0. The Morgan fingerprint density at radius 1 is 1.29 bits per heavy atom. The fourth-order valence-corrected chi connectivity index (χ4v) is 2.12. The van der Waals surface area contributed by atoms with Gasteiger partial charge in [-0.3, -0.25) is 4.79 Å². The average Bonchev–Trinajstić information content (AvgIpc) is 2.45. The van der Waals surface area contributed by atoms with Gasteiger partial charge in [0.2, 0.25) is 0 Å². The Balaban J connectivity index is 2.33. The smallest absolute Gasteiger partial charge is 0.261 e. The number of benzene rings is 2. The van der Waals surface area contributed by atoms with Crippen LogP contribution < -0.4 is 15.8 Å². The second-order valence-corrected chi connectivity index (χ2v) is 4.98. The molecule has 0 saturated carbocycles. The number of rotatable bonds is 3. The standard InChI is InChI=1S/C14H11BrF2N2O2/c1-21-11-6-7(2-3-8(11)15)19-14(20)12-9(16)4-5-10(18)13(12)17/h2-6H,18H2,1H3,(H,19,20). The Hall–Kier alpha value is -2.15. The minimum absolute atomic E-state index is 0.296. The monoisotopic (exact) mass is 356 g/mol. The Kier molecular flexibility index (Phi) is 4.42. The average molecular weight is 357 g/mol. The molecule has 0 bridgehead atoms. The molecular formula is C14H11BrF2N2O2. The fourth-order valence-electron chi connectivity index (χ4n) is 1.71. The van der Waals surface area contributed by atoms with E-state index in [4.69, 9.17) is 10.5 Å². The van der Waals surface area contributed by atoms with E-state index in [1.54, 1.807) is 12.1 Å². The Bertz CT molecular complexity index is 708. The lowest BCUT2D eigenvalue weighted by atomic mass is 10.1.